The fraction of sp³-hybridized carbons (Fsp3) is 0.214. The minimum absolute atomic E-state index is 0.0663. The smallest absolute Gasteiger partial charge is 0.238 e. The summed E-state index contributed by atoms with van der Waals surface area (Å²) in [5.41, 5.74) is 6.71. The third kappa shape index (κ3) is 4.09. The van der Waals surface area contributed by atoms with Crippen LogP contribution in [0.1, 0.15) is 0 Å². The number of benzene rings is 1. The highest BCUT2D eigenvalue weighted by molar-refractivity contribution is 7.92. The van der Waals surface area contributed by atoms with Gasteiger partial charge in [-0.3, -0.25) is 9.29 Å². The highest BCUT2D eigenvalue weighted by atomic mass is 32.2. The molecule has 112 valence electrons. The molecule has 0 aliphatic carbocycles. The van der Waals surface area contributed by atoms with Gasteiger partial charge in [0, 0.05) is 18.9 Å². The number of nitrogen functional groups attached to an aromatic ring is 1. The van der Waals surface area contributed by atoms with Crippen molar-refractivity contribution in [1.29, 1.82) is 0 Å². The van der Waals surface area contributed by atoms with Crippen molar-refractivity contribution >= 4 is 21.4 Å². The molecule has 0 spiro atoms. The van der Waals surface area contributed by atoms with Crippen molar-refractivity contribution < 1.29 is 13.2 Å². The van der Waals surface area contributed by atoms with Crippen LogP contribution in [0.15, 0.2) is 48.8 Å². The van der Waals surface area contributed by atoms with E-state index in [1.165, 1.54) is 17.5 Å². The van der Waals surface area contributed by atoms with Gasteiger partial charge in [0.15, 0.2) is 0 Å². The van der Waals surface area contributed by atoms with E-state index < -0.39 is 10.0 Å². The molecule has 0 aliphatic heterocycles. The van der Waals surface area contributed by atoms with E-state index in [-0.39, 0.29) is 12.4 Å². The van der Waals surface area contributed by atoms with E-state index in [1.807, 2.05) is 0 Å². The zero-order valence-corrected chi connectivity index (χ0v) is 12.5. The molecule has 0 radical (unpaired) electrons. The molecule has 1 heterocycles. The molecule has 1 aromatic heterocycles. The van der Waals surface area contributed by atoms with Crippen LogP contribution in [0.4, 0.5) is 11.4 Å². The third-order valence-corrected chi connectivity index (χ3v) is 4.64. The number of nitrogens with zero attached hydrogens (tertiary/aromatic N) is 2. The van der Waals surface area contributed by atoms with Crippen molar-refractivity contribution in [3.05, 3.63) is 48.8 Å². The predicted molar refractivity (Wildman–Crippen MR) is 82.8 cm³/mol. The summed E-state index contributed by atoms with van der Waals surface area (Å²) in [5.74, 6) is 0.464. The second-order valence-electron chi connectivity index (χ2n) is 4.41. The van der Waals surface area contributed by atoms with Gasteiger partial charge in [0.05, 0.1) is 11.9 Å². The summed E-state index contributed by atoms with van der Waals surface area (Å²) in [6, 6.07) is 10.2. The Morgan fingerprint density at radius 2 is 1.95 bits per heavy atom. The number of sulfonamides is 1. The third-order valence-electron chi connectivity index (χ3n) is 2.92. The van der Waals surface area contributed by atoms with Crippen LogP contribution in [0.25, 0.3) is 0 Å². The van der Waals surface area contributed by atoms with Crippen molar-refractivity contribution in [3.63, 3.8) is 0 Å². The first kappa shape index (κ1) is 15.1. The first-order chi connectivity index (χ1) is 9.99. The molecule has 7 heteroatoms. The van der Waals surface area contributed by atoms with Gasteiger partial charge in [0.2, 0.25) is 10.0 Å². The van der Waals surface area contributed by atoms with Crippen molar-refractivity contribution in [2.45, 2.75) is 0 Å². The lowest BCUT2D eigenvalue weighted by Gasteiger charge is -2.19. The van der Waals surface area contributed by atoms with E-state index in [4.69, 9.17) is 10.5 Å². The van der Waals surface area contributed by atoms with E-state index in [2.05, 4.69) is 4.98 Å². The van der Waals surface area contributed by atoms with Gasteiger partial charge in [-0.05, 0) is 36.4 Å². The summed E-state index contributed by atoms with van der Waals surface area (Å²) in [7, 11) is -1.95. The molecular weight excluding hydrogens is 290 g/mol. The molecule has 2 N–H and O–H groups in total. The topological polar surface area (TPSA) is 85.5 Å². The molecule has 0 atom stereocenters. The van der Waals surface area contributed by atoms with Crippen molar-refractivity contribution in [3.8, 4) is 5.75 Å². The summed E-state index contributed by atoms with van der Waals surface area (Å²) < 4.78 is 31.0. The second-order valence-corrected chi connectivity index (χ2v) is 6.53. The molecular formula is C14H17N3O3S. The van der Waals surface area contributed by atoms with Gasteiger partial charge in [-0.1, -0.05) is 0 Å². The molecule has 1 aromatic carbocycles. The van der Waals surface area contributed by atoms with Crippen LogP contribution in [0.5, 0.6) is 5.75 Å². The largest absolute Gasteiger partial charge is 0.492 e. The highest BCUT2D eigenvalue weighted by Crippen LogP contribution is 2.16. The standard InChI is InChI=1S/C14H17N3O3S/c1-17(13-3-2-8-16-11-13)21(18,19)10-9-20-14-6-4-12(15)5-7-14/h2-8,11H,9-10,15H2,1H3. The van der Waals surface area contributed by atoms with Gasteiger partial charge in [-0.15, -0.1) is 0 Å². The zero-order valence-electron chi connectivity index (χ0n) is 11.6. The molecule has 0 unspecified atom stereocenters. The molecule has 2 aromatic rings. The number of anilines is 2. The Hall–Kier alpha value is -2.28. The molecule has 21 heavy (non-hydrogen) atoms. The molecule has 0 aliphatic rings. The highest BCUT2D eigenvalue weighted by Gasteiger charge is 2.18. The molecule has 0 fully saturated rings. The number of nitrogens with two attached hydrogens (primary N) is 1. The van der Waals surface area contributed by atoms with E-state index in [0.717, 1.165) is 0 Å². The minimum atomic E-state index is -3.45. The average molecular weight is 307 g/mol. The Morgan fingerprint density at radius 3 is 2.57 bits per heavy atom. The van der Waals surface area contributed by atoms with Crippen LogP contribution in [-0.4, -0.2) is 32.8 Å². The van der Waals surface area contributed by atoms with Crippen molar-refractivity contribution in [1.82, 2.24) is 4.98 Å². The molecule has 0 saturated heterocycles. The number of pyridine rings is 1. The fourth-order valence-electron chi connectivity index (χ4n) is 1.67. The SMILES string of the molecule is CN(c1cccnc1)S(=O)(=O)CCOc1ccc(N)cc1. The Balaban J connectivity index is 1.94. The van der Waals surface area contributed by atoms with Crippen LogP contribution in [-0.2, 0) is 10.0 Å². The maximum Gasteiger partial charge on any atom is 0.238 e. The lowest BCUT2D eigenvalue weighted by Crippen LogP contribution is -2.31. The van der Waals surface area contributed by atoms with Gasteiger partial charge < -0.3 is 10.5 Å². The quantitative estimate of drug-likeness (QED) is 0.818. The molecule has 6 nitrogen and oxygen atoms in total. The lowest BCUT2D eigenvalue weighted by atomic mass is 10.3. The number of ether oxygens (including phenoxy) is 1. The number of hydrogen-bond donors (Lipinski definition) is 1. The first-order valence-corrected chi connectivity index (χ1v) is 7.95. The monoisotopic (exact) mass is 307 g/mol. The summed E-state index contributed by atoms with van der Waals surface area (Å²) in [6.07, 6.45) is 3.09. The Labute approximate surface area is 124 Å². The normalized spacial score (nSPS) is 11.1. The van der Waals surface area contributed by atoms with Crippen LogP contribution in [0, 0.1) is 0 Å². The summed E-state index contributed by atoms with van der Waals surface area (Å²) >= 11 is 0. The summed E-state index contributed by atoms with van der Waals surface area (Å²) in [6.45, 7) is 0.0663. The number of aromatic nitrogens is 1. The average Bonchev–Trinajstić information content (AvgIpc) is 2.49. The number of hydrogen-bond acceptors (Lipinski definition) is 5. The maximum atomic E-state index is 12.2. The Morgan fingerprint density at radius 1 is 1.24 bits per heavy atom. The van der Waals surface area contributed by atoms with Gasteiger partial charge >= 0.3 is 0 Å². The van der Waals surface area contributed by atoms with Crippen molar-refractivity contribution in [2.24, 2.45) is 0 Å². The van der Waals surface area contributed by atoms with Gasteiger partial charge in [0.1, 0.15) is 18.1 Å². The number of rotatable bonds is 6. The van der Waals surface area contributed by atoms with E-state index in [0.29, 0.717) is 17.1 Å². The van der Waals surface area contributed by atoms with Crippen molar-refractivity contribution in [2.75, 3.05) is 29.4 Å². The van der Waals surface area contributed by atoms with Crippen LogP contribution < -0.4 is 14.8 Å². The Kier molecular flexibility index (Phi) is 4.64. The molecule has 0 saturated carbocycles. The second kappa shape index (κ2) is 6.45. The van der Waals surface area contributed by atoms with E-state index >= 15 is 0 Å². The molecule has 0 amide bonds. The Bertz CT molecular complexity index is 672. The van der Waals surface area contributed by atoms with Crippen LogP contribution >= 0.6 is 0 Å². The van der Waals surface area contributed by atoms with E-state index in [1.54, 1.807) is 42.6 Å². The first-order valence-electron chi connectivity index (χ1n) is 6.34. The fourth-order valence-corrected chi connectivity index (χ4v) is 2.66. The van der Waals surface area contributed by atoms with E-state index in [9.17, 15) is 8.42 Å². The van der Waals surface area contributed by atoms with Crippen LogP contribution in [0.3, 0.4) is 0 Å². The van der Waals surface area contributed by atoms with Gasteiger partial charge in [0.25, 0.3) is 0 Å². The molecule has 2 rings (SSSR count). The van der Waals surface area contributed by atoms with Gasteiger partial charge in [-0.2, -0.15) is 0 Å². The maximum absolute atomic E-state index is 12.2. The lowest BCUT2D eigenvalue weighted by molar-refractivity contribution is 0.341. The predicted octanol–water partition coefficient (Wildman–Crippen LogP) is 1.51. The van der Waals surface area contributed by atoms with Gasteiger partial charge in [-0.25, -0.2) is 8.42 Å². The zero-order chi connectivity index (χ0) is 15.3. The minimum Gasteiger partial charge on any atom is -0.492 e. The van der Waals surface area contributed by atoms with Crippen LogP contribution in [0.2, 0.25) is 0 Å². The summed E-state index contributed by atoms with van der Waals surface area (Å²) in [4.78, 5) is 3.91. The molecule has 0 bridgehead atoms. The summed E-state index contributed by atoms with van der Waals surface area (Å²) in [5, 5.41) is 0.